The van der Waals surface area contributed by atoms with E-state index in [1.54, 1.807) is 0 Å². The van der Waals surface area contributed by atoms with Crippen molar-refractivity contribution in [2.75, 3.05) is 59.2 Å². The zero-order chi connectivity index (χ0) is 27.5. The Morgan fingerprint density at radius 2 is 1.46 bits per heavy atom. The van der Waals surface area contributed by atoms with Crippen LogP contribution >= 0.6 is 24.0 Å². The Balaban J connectivity index is 0.00000533. The van der Waals surface area contributed by atoms with E-state index in [2.05, 4.69) is 34.1 Å². The second-order valence-electron chi connectivity index (χ2n) is 9.28. The summed E-state index contributed by atoms with van der Waals surface area (Å²) in [5.41, 5.74) is 2.41. The number of benzene rings is 2. The van der Waals surface area contributed by atoms with Gasteiger partial charge in [0.25, 0.3) is 0 Å². The number of aliphatic hydroxyl groups is 5. The lowest BCUT2D eigenvalue weighted by Gasteiger charge is -2.39. The first kappa shape index (κ1) is 33.4. The molecule has 5 atom stereocenters. The molecule has 3 rings (SSSR count). The second kappa shape index (κ2) is 17.1. The number of esters is 1. The fraction of sp³-hybridized carbons (Fsp3) is 0.519. The third-order valence-corrected chi connectivity index (χ3v) is 6.84. The molecular weight excluding hydrogens is 551 g/mol. The first-order chi connectivity index (χ1) is 18.3. The molecule has 1 heterocycles. The third-order valence-electron chi connectivity index (χ3n) is 6.59. The van der Waals surface area contributed by atoms with Crippen molar-refractivity contribution in [2.45, 2.75) is 30.5 Å². The van der Waals surface area contributed by atoms with Crippen LogP contribution in [0.15, 0.2) is 54.6 Å². The molecule has 0 spiro atoms. The second-order valence-corrected chi connectivity index (χ2v) is 9.71. The minimum atomic E-state index is -1.79. The lowest BCUT2D eigenvalue weighted by molar-refractivity contribution is -0.160. The van der Waals surface area contributed by atoms with Crippen LogP contribution in [0.25, 0.3) is 0 Å². The van der Waals surface area contributed by atoms with E-state index in [0.29, 0.717) is 18.2 Å². The number of piperazine rings is 1. The Kier molecular flexibility index (Phi) is 14.6. The molecule has 0 bridgehead atoms. The maximum Gasteiger partial charge on any atom is 0.332 e. The molecule has 39 heavy (non-hydrogen) atoms. The van der Waals surface area contributed by atoms with E-state index in [-0.39, 0.29) is 25.1 Å². The monoisotopic (exact) mass is 588 g/mol. The van der Waals surface area contributed by atoms with Crippen molar-refractivity contribution in [1.29, 1.82) is 0 Å². The van der Waals surface area contributed by atoms with Crippen molar-refractivity contribution in [3.05, 3.63) is 70.7 Å². The Morgan fingerprint density at radius 3 is 2.08 bits per heavy atom. The van der Waals surface area contributed by atoms with E-state index < -0.39 is 43.6 Å². The van der Waals surface area contributed by atoms with E-state index in [9.17, 15) is 25.2 Å². The molecule has 1 aliphatic rings. The summed E-state index contributed by atoms with van der Waals surface area (Å²) in [5, 5.41) is 48.0. The highest BCUT2D eigenvalue weighted by atomic mass is 35.5. The molecule has 2 aromatic rings. The van der Waals surface area contributed by atoms with E-state index in [1.165, 1.54) is 11.1 Å². The van der Waals surface area contributed by atoms with Gasteiger partial charge in [-0.2, -0.15) is 0 Å². The minimum absolute atomic E-state index is 0. The van der Waals surface area contributed by atoms with Crippen molar-refractivity contribution >= 4 is 30.0 Å². The number of ether oxygens (including phenoxy) is 2. The highest BCUT2D eigenvalue weighted by Gasteiger charge is 2.31. The molecule has 10 nitrogen and oxygen atoms in total. The maximum atomic E-state index is 11.9. The molecule has 218 valence electrons. The number of hydrogen-bond acceptors (Lipinski definition) is 10. The smallest absolute Gasteiger partial charge is 0.332 e. The van der Waals surface area contributed by atoms with Crippen molar-refractivity contribution in [2.24, 2.45) is 0 Å². The molecule has 0 aliphatic carbocycles. The Morgan fingerprint density at radius 1 is 0.872 bits per heavy atom. The SMILES string of the molecule is Cl.O=C(COCCN1CCN(C(c2ccccc2)c2ccc(Cl)cc2)CC1)OCC(O)[C@@H](O)[C@H](O)[C@H](O)CO. The summed E-state index contributed by atoms with van der Waals surface area (Å²) in [4.78, 5) is 16.6. The van der Waals surface area contributed by atoms with Crippen LogP contribution in [0, 0.1) is 0 Å². The lowest BCUT2D eigenvalue weighted by Crippen LogP contribution is -2.48. The minimum Gasteiger partial charge on any atom is -0.461 e. The van der Waals surface area contributed by atoms with Crippen LogP contribution in [0.2, 0.25) is 5.02 Å². The third kappa shape index (κ3) is 10.3. The zero-order valence-electron chi connectivity index (χ0n) is 21.6. The Hall–Kier alpha value is -1.83. The van der Waals surface area contributed by atoms with Crippen LogP contribution in [-0.4, -0.2) is 125 Å². The average molecular weight is 590 g/mol. The van der Waals surface area contributed by atoms with Crippen LogP contribution < -0.4 is 0 Å². The molecular formula is C27H38Cl2N2O8. The van der Waals surface area contributed by atoms with Gasteiger partial charge in [-0.1, -0.05) is 54.1 Å². The fourth-order valence-corrected chi connectivity index (χ4v) is 4.50. The summed E-state index contributed by atoms with van der Waals surface area (Å²) >= 11 is 6.11. The van der Waals surface area contributed by atoms with E-state index >= 15 is 0 Å². The van der Waals surface area contributed by atoms with Gasteiger partial charge < -0.3 is 35.0 Å². The largest absolute Gasteiger partial charge is 0.461 e. The van der Waals surface area contributed by atoms with Crippen LogP contribution in [0.3, 0.4) is 0 Å². The van der Waals surface area contributed by atoms with Gasteiger partial charge in [0.05, 0.1) is 19.3 Å². The molecule has 0 radical (unpaired) electrons. The van der Waals surface area contributed by atoms with Gasteiger partial charge in [0.2, 0.25) is 0 Å². The number of aliphatic hydroxyl groups excluding tert-OH is 5. The van der Waals surface area contributed by atoms with Gasteiger partial charge in [0.15, 0.2) is 0 Å². The van der Waals surface area contributed by atoms with Gasteiger partial charge in [-0.05, 0) is 23.3 Å². The van der Waals surface area contributed by atoms with Crippen molar-refractivity contribution in [3.63, 3.8) is 0 Å². The quantitative estimate of drug-likeness (QED) is 0.156. The predicted octanol–water partition coefficient (Wildman–Crippen LogP) is 0.464. The lowest BCUT2D eigenvalue weighted by atomic mass is 9.96. The molecule has 2 unspecified atom stereocenters. The molecule has 0 amide bonds. The van der Waals surface area contributed by atoms with Crippen molar-refractivity contribution in [1.82, 2.24) is 9.80 Å². The normalized spacial score (nSPS) is 18.4. The molecule has 1 fully saturated rings. The molecule has 0 saturated carbocycles. The molecule has 5 N–H and O–H groups in total. The van der Waals surface area contributed by atoms with Crippen molar-refractivity contribution in [3.8, 4) is 0 Å². The van der Waals surface area contributed by atoms with E-state index in [0.717, 1.165) is 26.2 Å². The summed E-state index contributed by atoms with van der Waals surface area (Å²) in [6.07, 6.45) is -6.81. The van der Waals surface area contributed by atoms with E-state index in [1.807, 2.05) is 30.3 Å². The number of carbonyl (C=O) groups is 1. The number of rotatable bonds is 14. The van der Waals surface area contributed by atoms with Gasteiger partial charge in [0, 0.05) is 37.7 Å². The highest BCUT2D eigenvalue weighted by Crippen LogP contribution is 2.30. The molecule has 2 aromatic carbocycles. The highest BCUT2D eigenvalue weighted by molar-refractivity contribution is 6.30. The number of halogens is 2. The number of nitrogens with zero attached hydrogens (tertiary/aromatic N) is 2. The van der Waals surface area contributed by atoms with Gasteiger partial charge in [-0.25, -0.2) is 4.79 Å². The maximum absolute atomic E-state index is 11.9. The summed E-state index contributed by atoms with van der Waals surface area (Å²) in [7, 11) is 0. The van der Waals surface area contributed by atoms with Gasteiger partial charge >= 0.3 is 5.97 Å². The fourth-order valence-electron chi connectivity index (χ4n) is 4.37. The van der Waals surface area contributed by atoms with Crippen LogP contribution in [0.4, 0.5) is 0 Å². The van der Waals surface area contributed by atoms with Gasteiger partial charge in [-0.3, -0.25) is 9.80 Å². The first-order valence-corrected chi connectivity index (χ1v) is 13.0. The van der Waals surface area contributed by atoms with Crippen molar-refractivity contribution < 1.29 is 39.8 Å². The summed E-state index contributed by atoms with van der Waals surface area (Å²) in [6.45, 7) is 2.68. The summed E-state index contributed by atoms with van der Waals surface area (Å²) < 4.78 is 10.3. The van der Waals surface area contributed by atoms with Gasteiger partial charge in [-0.15, -0.1) is 12.4 Å². The topological polar surface area (TPSA) is 143 Å². The first-order valence-electron chi connectivity index (χ1n) is 12.6. The van der Waals surface area contributed by atoms with Crippen LogP contribution in [0.1, 0.15) is 17.2 Å². The Bertz CT molecular complexity index is 964. The van der Waals surface area contributed by atoms with Gasteiger partial charge in [0.1, 0.15) is 37.6 Å². The summed E-state index contributed by atoms with van der Waals surface area (Å²) in [5.74, 6) is -0.730. The van der Waals surface area contributed by atoms with Crippen LogP contribution in [0.5, 0.6) is 0 Å². The molecule has 0 aromatic heterocycles. The molecule has 1 aliphatic heterocycles. The summed E-state index contributed by atoms with van der Waals surface area (Å²) in [6, 6.07) is 18.5. The Labute approximate surface area is 239 Å². The molecule has 12 heteroatoms. The zero-order valence-corrected chi connectivity index (χ0v) is 23.2. The predicted molar refractivity (Wildman–Crippen MR) is 148 cm³/mol. The van der Waals surface area contributed by atoms with E-state index in [4.69, 9.17) is 26.2 Å². The standard InChI is InChI=1S/C27H37ClN2O8.ClH/c28-21-8-6-20(7-9-21)25(19-4-2-1-3-5-19)30-12-10-29(11-13-30)14-15-37-18-24(34)38-17-23(33)27(36)26(35)22(32)16-31;/h1-9,22-23,25-27,31-33,35-36H,10-18H2;1H/t22-,23?,25?,26-,27-;/m1./s1. The number of carbonyl (C=O) groups excluding carboxylic acids is 1. The molecule has 1 saturated heterocycles. The number of hydrogen-bond donors (Lipinski definition) is 5. The average Bonchev–Trinajstić information content (AvgIpc) is 2.95. The van der Waals surface area contributed by atoms with Crippen LogP contribution in [-0.2, 0) is 14.3 Å².